The number of nitrogens with one attached hydrogen (secondary N) is 3. The molecule has 0 aliphatic heterocycles. The lowest BCUT2D eigenvalue weighted by atomic mass is 10.0. The van der Waals surface area contributed by atoms with E-state index in [-0.39, 0.29) is 37.7 Å². The summed E-state index contributed by atoms with van der Waals surface area (Å²) in [6.07, 6.45) is 0.694. The maximum atomic E-state index is 13.3. The Labute approximate surface area is 216 Å². The van der Waals surface area contributed by atoms with Crippen molar-refractivity contribution in [2.45, 2.75) is 63.7 Å². The summed E-state index contributed by atoms with van der Waals surface area (Å²) in [5.74, 6) is -3.44. The second-order valence-corrected chi connectivity index (χ2v) is 9.08. The molecule has 13 nitrogen and oxygen atoms in total. The third-order valence-electron chi connectivity index (χ3n) is 5.35. The van der Waals surface area contributed by atoms with Crippen molar-refractivity contribution in [3.05, 3.63) is 35.9 Å². The minimum Gasteiger partial charge on any atom is -0.480 e. The van der Waals surface area contributed by atoms with Crippen molar-refractivity contribution in [2.75, 3.05) is 13.2 Å². The van der Waals surface area contributed by atoms with Crippen LogP contribution in [0.2, 0.25) is 0 Å². The van der Waals surface area contributed by atoms with Crippen molar-refractivity contribution in [3.8, 4) is 0 Å². The van der Waals surface area contributed by atoms with E-state index in [0.29, 0.717) is 6.42 Å². The maximum Gasteiger partial charge on any atom is 0.326 e. The van der Waals surface area contributed by atoms with Gasteiger partial charge in [-0.2, -0.15) is 0 Å². The molecule has 0 radical (unpaired) electrons. The lowest BCUT2D eigenvalue weighted by Crippen LogP contribution is -2.58. The van der Waals surface area contributed by atoms with E-state index in [0.717, 1.165) is 5.56 Å². The predicted molar refractivity (Wildman–Crippen MR) is 138 cm³/mol. The molecule has 0 aromatic heterocycles. The van der Waals surface area contributed by atoms with Gasteiger partial charge in [0.2, 0.25) is 17.7 Å². The SMILES string of the molecule is CC(C)CC(NC(=O)C(CCCN=C(N)N)NC(=O)C(Cc1ccccc1)NC(=O)C(N)CO)C(=O)O. The summed E-state index contributed by atoms with van der Waals surface area (Å²) in [4.78, 5) is 54.1. The molecule has 0 bridgehead atoms. The fraction of sp³-hybridized carbons (Fsp3) is 0.542. The molecule has 1 rings (SSSR count). The molecular weight excluding hydrogens is 482 g/mol. The predicted octanol–water partition coefficient (Wildman–Crippen LogP) is -1.81. The number of aliphatic imine (C=N–C) groups is 1. The van der Waals surface area contributed by atoms with E-state index in [1.165, 1.54) is 0 Å². The highest BCUT2D eigenvalue weighted by atomic mass is 16.4. The number of carbonyl (C=O) groups excluding carboxylic acids is 3. The summed E-state index contributed by atoms with van der Waals surface area (Å²) >= 11 is 0. The average Bonchev–Trinajstić information content (AvgIpc) is 2.84. The van der Waals surface area contributed by atoms with Crippen molar-refractivity contribution < 1.29 is 29.4 Å². The normalized spacial score (nSPS) is 14.1. The van der Waals surface area contributed by atoms with Gasteiger partial charge in [-0.3, -0.25) is 19.4 Å². The van der Waals surface area contributed by atoms with E-state index in [9.17, 15) is 29.4 Å². The zero-order valence-electron chi connectivity index (χ0n) is 21.2. The number of aliphatic hydroxyl groups excluding tert-OH is 1. The Kier molecular flexibility index (Phi) is 13.6. The lowest BCUT2D eigenvalue weighted by molar-refractivity contribution is -0.142. The molecule has 4 atom stereocenters. The molecule has 0 fully saturated rings. The Morgan fingerprint density at radius 2 is 1.49 bits per heavy atom. The molecule has 3 amide bonds. The molecule has 0 aliphatic rings. The first-order chi connectivity index (χ1) is 17.4. The second-order valence-electron chi connectivity index (χ2n) is 9.08. The summed E-state index contributed by atoms with van der Waals surface area (Å²) < 4.78 is 0. The van der Waals surface area contributed by atoms with Gasteiger partial charge in [0.25, 0.3) is 0 Å². The second kappa shape index (κ2) is 16.1. The van der Waals surface area contributed by atoms with E-state index in [1.807, 2.05) is 13.8 Å². The molecule has 0 heterocycles. The number of nitrogens with two attached hydrogens (primary N) is 3. The molecule has 13 heteroatoms. The van der Waals surface area contributed by atoms with Crippen molar-refractivity contribution in [1.29, 1.82) is 0 Å². The molecular formula is C24H39N7O6. The summed E-state index contributed by atoms with van der Waals surface area (Å²) in [7, 11) is 0. The Bertz CT molecular complexity index is 921. The maximum absolute atomic E-state index is 13.3. The highest BCUT2D eigenvalue weighted by Crippen LogP contribution is 2.09. The molecule has 4 unspecified atom stereocenters. The Morgan fingerprint density at radius 1 is 0.919 bits per heavy atom. The van der Waals surface area contributed by atoms with Crippen LogP contribution in [-0.2, 0) is 25.6 Å². The van der Waals surface area contributed by atoms with Gasteiger partial charge in [0.05, 0.1) is 6.61 Å². The molecule has 0 spiro atoms. The number of carboxylic acid groups (broad SMARTS) is 1. The van der Waals surface area contributed by atoms with E-state index in [4.69, 9.17) is 17.2 Å². The number of rotatable bonds is 16. The van der Waals surface area contributed by atoms with Gasteiger partial charge in [-0.15, -0.1) is 0 Å². The number of carboxylic acids is 1. The minimum absolute atomic E-state index is 0.00231. The van der Waals surface area contributed by atoms with Crippen LogP contribution in [0.4, 0.5) is 0 Å². The fourth-order valence-corrected chi connectivity index (χ4v) is 3.43. The van der Waals surface area contributed by atoms with Crippen LogP contribution in [0.25, 0.3) is 0 Å². The lowest BCUT2D eigenvalue weighted by Gasteiger charge is -2.25. The highest BCUT2D eigenvalue weighted by molar-refractivity contribution is 5.94. The summed E-state index contributed by atoms with van der Waals surface area (Å²) in [5, 5.41) is 26.3. The van der Waals surface area contributed by atoms with Gasteiger partial charge in [0.15, 0.2) is 5.96 Å². The minimum atomic E-state index is -1.24. The van der Waals surface area contributed by atoms with Crippen molar-refractivity contribution >= 4 is 29.7 Å². The average molecular weight is 522 g/mol. The van der Waals surface area contributed by atoms with Crippen molar-refractivity contribution in [1.82, 2.24) is 16.0 Å². The number of amides is 3. The van der Waals surface area contributed by atoms with Gasteiger partial charge < -0.3 is 43.4 Å². The van der Waals surface area contributed by atoms with Gasteiger partial charge in [0, 0.05) is 13.0 Å². The monoisotopic (exact) mass is 521 g/mol. The highest BCUT2D eigenvalue weighted by Gasteiger charge is 2.30. The third kappa shape index (κ3) is 12.2. The Morgan fingerprint density at radius 3 is 2.03 bits per heavy atom. The fourth-order valence-electron chi connectivity index (χ4n) is 3.43. The molecule has 206 valence electrons. The zero-order chi connectivity index (χ0) is 28.0. The molecule has 1 aromatic carbocycles. The van der Waals surface area contributed by atoms with E-state index >= 15 is 0 Å². The summed E-state index contributed by atoms with van der Waals surface area (Å²) in [6, 6.07) is 4.24. The number of hydrogen-bond donors (Lipinski definition) is 8. The van der Waals surface area contributed by atoms with Gasteiger partial charge in [-0.1, -0.05) is 44.2 Å². The number of benzene rings is 1. The van der Waals surface area contributed by atoms with Gasteiger partial charge in [-0.25, -0.2) is 4.79 Å². The van der Waals surface area contributed by atoms with Crippen LogP contribution in [0.3, 0.4) is 0 Å². The first-order valence-electron chi connectivity index (χ1n) is 12.0. The smallest absolute Gasteiger partial charge is 0.326 e. The number of nitrogens with zero attached hydrogens (tertiary/aromatic N) is 1. The van der Waals surface area contributed by atoms with E-state index in [2.05, 4.69) is 20.9 Å². The number of hydrogen-bond acceptors (Lipinski definition) is 7. The van der Waals surface area contributed by atoms with Crippen molar-refractivity contribution in [2.24, 2.45) is 28.1 Å². The standard InChI is InChI=1S/C24H39N7O6/c1-14(2)11-19(23(36)37)31-21(34)17(9-6-10-28-24(26)27)29-22(35)18(30-20(33)16(25)13-32)12-15-7-4-3-5-8-15/h3-5,7-8,14,16-19,32H,6,9-13,25H2,1-2H3,(H,29,35)(H,30,33)(H,31,34)(H,36,37)(H4,26,27,28). The number of carbonyl (C=O) groups is 4. The Hall–Kier alpha value is -3.71. The van der Waals surface area contributed by atoms with E-state index < -0.39 is 54.5 Å². The number of aliphatic hydroxyl groups is 1. The molecule has 0 saturated heterocycles. The quantitative estimate of drug-likeness (QED) is 0.0694. The first-order valence-corrected chi connectivity index (χ1v) is 12.0. The number of guanidine groups is 1. The summed E-state index contributed by atoms with van der Waals surface area (Å²) in [6.45, 7) is 3.22. The molecule has 11 N–H and O–H groups in total. The molecule has 0 aliphatic carbocycles. The molecule has 0 saturated carbocycles. The van der Waals surface area contributed by atoms with Gasteiger partial charge >= 0.3 is 5.97 Å². The number of aliphatic carboxylic acids is 1. The van der Waals surface area contributed by atoms with Gasteiger partial charge in [-0.05, 0) is 30.7 Å². The topological polar surface area (TPSA) is 235 Å². The van der Waals surface area contributed by atoms with Crippen LogP contribution in [0.15, 0.2) is 35.3 Å². The van der Waals surface area contributed by atoms with Crippen LogP contribution in [0, 0.1) is 5.92 Å². The summed E-state index contributed by atoms with van der Waals surface area (Å²) in [5.41, 5.74) is 17.0. The largest absolute Gasteiger partial charge is 0.480 e. The van der Waals surface area contributed by atoms with Crippen LogP contribution >= 0.6 is 0 Å². The van der Waals surface area contributed by atoms with E-state index in [1.54, 1.807) is 30.3 Å². The zero-order valence-corrected chi connectivity index (χ0v) is 21.2. The van der Waals surface area contributed by atoms with Crippen LogP contribution < -0.4 is 33.2 Å². The first kappa shape index (κ1) is 31.3. The molecule has 37 heavy (non-hydrogen) atoms. The van der Waals surface area contributed by atoms with Crippen molar-refractivity contribution in [3.63, 3.8) is 0 Å². The Balaban J connectivity index is 3.12. The van der Waals surface area contributed by atoms with Crippen LogP contribution in [0.1, 0.15) is 38.7 Å². The van der Waals surface area contributed by atoms with Crippen LogP contribution in [-0.4, -0.2) is 77.2 Å². The third-order valence-corrected chi connectivity index (χ3v) is 5.35. The van der Waals surface area contributed by atoms with Gasteiger partial charge in [0.1, 0.15) is 24.2 Å². The van der Waals surface area contributed by atoms with Crippen LogP contribution in [0.5, 0.6) is 0 Å². The molecule has 1 aromatic rings.